The monoisotopic (exact) mass is 448 g/mol. The lowest BCUT2D eigenvalue weighted by molar-refractivity contribution is -0.143. The largest absolute Gasteiger partial charge is 0.466 e. The summed E-state index contributed by atoms with van der Waals surface area (Å²) >= 11 is 0. The molecule has 1 unspecified atom stereocenters. The van der Waals surface area contributed by atoms with Crippen molar-refractivity contribution in [2.45, 2.75) is 65.3 Å². The molecule has 33 heavy (non-hydrogen) atoms. The summed E-state index contributed by atoms with van der Waals surface area (Å²) in [5.74, 6) is -0.215. The smallest absolute Gasteiger partial charge is 0.306 e. The third-order valence-electron chi connectivity index (χ3n) is 6.97. The second-order valence-electron chi connectivity index (χ2n) is 9.14. The summed E-state index contributed by atoms with van der Waals surface area (Å²) in [7, 11) is 1.91. The Morgan fingerprint density at radius 1 is 1.15 bits per heavy atom. The summed E-state index contributed by atoms with van der Waals surface area (Å²) < 4.78 is 7.18. The van der Waals surface area contributed by atoms with Crippen LogP contribution in [0.15, 0.2) is 30.3 Å². The maximum atomic E-state index is 12.7. The number of carbonyl (C=O) groups excluding carboxylic acids is 1. The van der Waals surface area contributed by atoms with E-state index >= 15 is 0 Å². The molecule has 1 aliphatic heterocycles. The zero-order chi connectivity index (χ0) is 23.4. The lowest BCUT2D eigenvalue weighted by Gasteiger charge is -2.32. The summed E-state index contributed by atoms with van der Waals surface area (Å²) in [5, 5.41) is 8.59. The van der Waals surface area contributed by atoms with Gasteiger partial charge in [-0.25, -0.2) is 4.68 Å². The Hall–Kier alpha value is -2.73. The molecule has 0 radical (unpaired) electrons. The summed E-state index contributed by atoms with van der Waals surface area (Å²) in [6.07, 6.45) is 5.14. The van der Waals surface area contributed by atoms with E-state index in [0.29, 0.717) is 13.0 Å². The quantitative estimate of drug-likeness (QED) is 0.344. The number of rotatable bonds is 9. The van der Waals surface area contributed by atoms with Gasteiger partial charge in [-0.2, -0.15) is 0 Å². The van der Waals surface area contributed by atoms with Gasteiger partial charge in [0.2, 0.25) is 0 Å². The van der Waals surface area contributed by atoms with E-state index in [1.54, 1.807) is 4.68 Å². The molecule has 176 valence electrons. The number of aryl methyl sites for hydroxylation is 2. The number of aromatic nitrogens is 3. The number of fused-ring (bicyclic) bond motifs is 2. The molecule has 0 aliphatic carbocycles. The first-order valence-electron chi connectivity index (χ1n) is 12.3. The van der Waals surface area contributed by atoms with Crippen molar-refractivity contribution in [1.82, 2.24) is 19.9 Å². The molecule has 3 aromatic rings. The standard InChI is InChI=1S/C27H36N4O2/c1-5-7-8-15-31-16-14-22-20(18-31)10-9-11-23(22)24(17-26(32)33-6-2)21-12-13-25-27(19(21)3)28-29-30(25)4/h9-13,24H,5-8,14-18H2,1-4H3. The second kappa shape index (κ2) is 10.5. The fourth-order valence-corrected chi connectivity index (χ4v) is 5.20. The van der Waals surface area contributed by atoms with E-state index in [0.717, 1.165) is 48.2 Å². The molecule has 1 atom stereocenters. The molecule has 2 heterocycles. The molecule has 0 spiro atoms. The van der Waals surface area contributed by atoms with Crippen LogP contribution in [0.3, 0.4) is 0 Å². The van der Waals surface area contributed by atoms with Crippen molar-refractivity contribution in [1.29, 1.82) is 0 Å². The van der Waals surface area contributed by atoms with Crippen LogP contribution in [0.5, 0.6) is 0 Å². The van der Waals surface area contributed by atoms with Gasteiger partial charge in [-0.3, -0.25) is 9.69 Å². The topological polar surface area (TPSA) is 60.3 Å². The number of hydrogen-bond donors (Lipinski definition) is 0. The minimum absolute atomic E-state index is 0.0583. The van der Waals surface area contributed by atoms with Crippen molar-refractivity contribution in [2.24, 2.45) is 7.05 Å². The molecule has 0 bridgehead atoms. The highest BCUT2D eigenvalue weighted by atomic mass is 16.5. The van der Waals surface area contributed by atoms with E-state index < -0.39 is 0 Å². The third-order valence-corrected chi connectivity index (χ3v) is 6.97. The SMILES string of the molecule is CCCCCN1CCc2c(cccc2C(CC(=O)OCC)c2ccc3c(nnn3C)c2C)C1. The summed E-state index contributed by atoms with van der Waals surface area (Å²) in [4.78, 5) is 15.3. The molecule has 2 aromatic carbocycles. The molecule has 0 saturated heterocycles. The number of unbranched alkanes of at least 4 members (excludes halogenated alkanes) is 2. The number of ether oxygens (including phenoxy) is 1. The van der Waals surface area contributed by atoms with Crippen molar-refractivity contribution in [3.8, 4) is 0 Å². The Morgan fingerprint density at radius 3 is 2.79 bits per heavy atom. The first-order valence-corrected chi connectivity index (χ1v) is 12.3. The number of benzene rings is 2. The highest BCUT2D eigenvalue weighted by molar-refractivity contribution is 5.80. The maximum absolute atomic E-state index is 12.7. The average Bonchev–Trinajstić information content (AvgIpc) is 3.19. The van der Waals surface area contributed by atoms with Gasteiger partial charge in [0.05, 0.1) is 18.5 Å². The lowest BCUT2D eigenvalue weighted by atomic mass is 9.80. The van der Waals surface area contributed by atoms with Crippen molar-refractivity contribution >= 4 is 17.0 Å². The molecule has 6 heteroatoms. The van der Waals surface area contributed by atoms with Gasteiger partial charge in [-0.05, 0) is 67.1 Å². The van der Waals surface area contributed by atoms with E-state index in [4.69, 9.17) is 4.74 Å². The number of nitrogens with zero attached hydrogens (tertiary/aromatic N) is 4. The number of hydrogen-bond acceptors (Lipinski definition) is 5. The molecule has 0 saturated carbocycles. The van der Waals surface area contributed by atoms with E-state index in [1.165, 1.54) is 36.0 Å². The van der Waals surface area contributed by atoms with Crippen LogP contribution >= 0.6 is 0 Å². The normalized spacial score (nSPS) is 14.9. The summed E-state index contributed by atoms with van der Waals surface area (Å²) in [6.45, 7) is 9.82. The van der Waals surface area contributed by atoms with Gasteiger partial charge in [0.1, 0.15) is 5.52 Å². The summed E-state index contributed by atoms with van der Waals surface area (Å²) in [6, 6.07) is 10.8. The van der Waals surface area contributed by atoms with Gasteiger partial charge >= 0.3 is 5.97 Å². The van der Waals surface area contributed by atoms with Crippen LogP contribution in [0.25, 0.3) is 11.0 Å². The predicted octanol–water partition coefficient (Wildman–Crippen LogP) is 4.91. The third kappa shape index (κ3) is 4.96. The number of esters is 1. The molecule has 0 fully saturated rings. The molecule has 0 N–H and O–H groups in total. The van der Waals surface area contributed by atoms with Gasteiger partial charge in [-0.1, -0.05) is 49.2 Å². The first kappa shape index (κ1) is 23.4. The molecule has 1 aliphatic rings. The highest BCUT2D eigenvalue weighted by Gasteiger charge is 2.27. The second-order valence-corrected chi connectivity index (χ2v) is 9.14. The Balaban J connectivity index is 1.72. The van der Waals surface area contributed by atoms with Crippen molar-refractivity contribution in [2.75, 3.05) is 19.7 Å². The lowest BCUT2D eigenvalue weighted by Crippen LogP contribution is -2.32. The fourth-order valence-electron chi connectivity index (χ4n) is 5.20. The molecule has 4 rings (SSSR count). The predicted molar refractivity (Wildman–Crippen MR) is 131 cm³/mol. The zero-order valence-corrected chi connectivity index (χ0v) is 20.4. The van der Waals surface area contributed by atoms with Crippen LogP contribution in [0.4, 0.5) is 0 Å². The van der Waals surface area contributed by atoms with E-state index in [-0.39, 0.29) is 11.9 Å². The van der Waals surface area contributed by atoms with Crippen molar-refractivity contribution in [3.63, 3.8) is 0 Å². The van der Waals surface area contributed by atoms with Crippen LogP contribution in [0.1, 0.15) is 73.3 Å². The first-order chi connectivity index (χ1) is 16.0. The molecule has 1 aromatic heterocycles. The van der Waals surface area contributed by atoms with Gasteiger partial charge in [0.25, 0.3) is 0 Å². The summed E-state index contributed by atoms with van der Waals surface area (Å²) in [5.41, 5.74) is 8.17. The van der Waals surface area contributed by atoms with Crippen LogP contribution in [0, 0.1) is 6.92 Å². The van der Waals surface area contributed by atoms with E-state index in [9.17, 15) is 4.79 Å². The molecular weight excluding hydrogens is 412 g/mol. The Kier molecular flexibility index (Phi) is 7.43. The minimum atomic E-state index is -0.157. The van der Waals surface area contributed by atoms with Crippen molar-refractivity contribution in [3.05, 3.63) is 58.1 Å². The fraction of sp³-hybridized carbons (Fsp3) is 0.519. The highest BCUT2D eigenvalue weighted by Crippen LogP contribution is 2.37. The average molecular weight is 449 g/mol. The van der Waals surface area contributed by atoms with Crippen LogP contribution in [-0.4, -0.2) is 45.6 Å². The minimum Gasteiger partial charge on any atom is -0.466 e. The molecule has 0 amide bonds. The Morgan fingerprint density at radius 2 is 2.00 bits per heavy atom. The Labute approximate surface area is 196 Å². The van der Waals surface area contributed by atoms with Crippen LogP contribution in [0.2, 0.25) is 0 Å². The van der Waals surface area contributed by atoms with Gasteiger partial charge < -0.3 is 4.74 Å². The van der Waals surface area contributed by atoms with Crippen LogP contribution < -0.4 is 0 Å². The van der Waals surface area contributed by atoms with Gasteiger partial charge in [0.15, 0.2) is 0 Å². The van der Waals surface area contributed by atoms with E-state index in [1.807, 2.05) is 14.0 Å². The molecule has 6 nitrogen and oxygen atoms in total. The Bertz CT molecular complexity index is 1120. The van der Waals surface area contributed by atoms with Crippen molar-refractivity contribution < 1.29 is 9.53 Å². The van der Waals surface area contributed by atoms with Gasteiger partial charge in [0, 0.05) is 26.1 Å². The number of carbonyl (C=O) groups is 1. The van der Waals surface area contributed by atoms with Crippen LogP contribution in [-0.2, 0) is 29.5 Å². The van der Waals surface area contributed by atoms with E-state index in [2.05, 4.69) is 59.4 Å². The molecular formula is C27H36N4O2. The zero-order valence-electron chi connectivity index (χ0n) is 20.4. The maximum Gasteiger partial charge on any atom is 0.306 e. The van der Waals surface area contributed by atoms with Gasteiger partial charge in [-0.15, -0.1) is 5.10 Å².